The molecule has 2 rings (SSSR count). The van der Waals surface area contributed by atoms with E-state index in [2.05, 4.69) is 31.9 Å². The van der Waals surface area contributed by atoms with Gasteiger partial charge in [0, 0.05) is 22.4 Å². The monoisotopic (exact) mass is 363 g/mol. The lowest BCUT2D eigenvalue weighted by Crippen LogP contribution is -2.40. The standard InChI is InChI=1S/C12H12Br2FNO/c13-8-2-1-5-16(7-8)12(17)10-6-9(15)3-4-11(10)14/h3-4,6,8H,1-2,5,7H2. The van der Waals surface area contributed by atoms with Gasteiger partial charge in [0.25, 0.3) is 5.91 Å². The van der Waals surface area contributed by atoms with Crippen LogP contribution in [0.2, 0.25) is 0 Å². The highest BCUT2D eigenvalue weighted by molar-refractivity contribution is 9.10. The Hall–Kier alpha value is -0.420. The Kier molecular flexibility index (Phi) is 4.20. The number of rotatable bonds is 1. The van der Waals surface area contributed by atoms with Crippen LogP contribution in [-0.4, -0.2) is 28.7 Å². The molecule has 0 bridgehead atoms. The summed E-state index contributed by atoms with van der Waals surface area (Å²) in [6.07, 6.45) is 2.06. The summed E-state index contributed by atoms with van der Waals surface area (Å²) >= 11 is 6.81. The zero-order chi connectivity index (χ0) is 12.4. The molecule has 1 aliphatic heterocycles. The third kappa shape index (κ3) is 3.07. The van der Waals surface area contributed by atoms with Crippen molar-refractivity contribution >= 4 is 37.8 Å². The number of alkyl halides is 1. The van der Waals surface area contributed by atoms with Gasteiger partial charge in [0.05, 0.1) is 5.56 Å². The van der Waals surface area contributed by atoms with Gasteiger partial charge in [-0.3, -0.25) is 4.79 Å². The number of likely N-dealkylation sites (tertiary alicyclic amines) is 1. The maximum absolute atomic E-state index is 13.2. The zero-order valence-corrected chi connectivity index (χ0v) is 12.3. The molecule has 0 radical (unpaired) electrons. The Labute approximate surface area is 116 Å². The van der Waals surface area contributed by atoms with Crippen LogP contribution in [0.25, 0.3) is 0 Å². The van der Waals surface area contributed by atoms with Gasteiger partial charge in [0.2, 0.25) is 0 Å². The molecule has 1 heterocycles. The molecule has 0 spiro atoms. The molecule has 1 aromatic carbocycles. The van der Waals surface area contributed by atoms with Crippen molar-refractivity contribution in [3.05, 3.63) is 34.1 Å². The third-order valence-electron chi connectivity index (χ3n) is 2.81. The summed E-state index contributed by atoms with van der Waals surface area (Å²) in [6.45, 7) is 1.42. The van der Waals surface area contributed by atoms with Gasteiger partial charge in [-0.2, -0.15) is 0 Å². The zero-order valence-electron chi connectivity index (χ0n) is 9.13. The van der Waals surface area contributed by atoms with Crippen LogP contribution in [0.1, 0.15) is 23.2 Å². The molecule has 0 aromatic heterocycles. The maximum atomic E-state index is 13.2. The fraction of sp³-hybridized carbons (Fsp3) is 0.417. The van der Waals surface area contributed by atoms with Crippen LogP contribution in [0.5, 0.6) is 0 Å². The molecule has 92 valence electrons. The quantitative estimate of drug-likeness (QED) is 0.697. The Morgan fingerprint density at radius 2 is 2.24 bits per heavy atom. The van der Waals surface area contributed by atoms with Crippen LogP contribution in [0.4, 0.5) is 4.39 Å². The summed E-state index contributed by atoms with van der Waals surface area (Å²) < 4.78 is 13.8. The Bertz CT molecular complexity index is 439. The normalized spacial score (nSPS) is 20.4. The first-order chi connectivity index (χ1) is 8.08. The minimum Gasteiger partial charge on any atom is -0.337 e. The van der Waals surface area contributed by atoms with Gasteiger partial charge in [-0.15, -0.1) is 0 Å². The van der Waals surface area contributed by atoms with Crippen LogP contribution in [0.15, 0.2) is 22.7 Å². The molecule has 1 unspecified atom stereocenters. The molecule has 0 saturated carbocycles. The molecular weight excluding hydrogens is 353 g/mol. The van der Waals surface area contributed by atoms with Crippen molar-refractivity contribution in [1.29, 1.82) is 0 Å². The molecular formula is C12H12Br2FNO. The van der Waals surface area contributed by atoms with Gasteiger partial charge in [0.1, 0.15) is 5.82 Å². The Morgan fingerprint density at radius 3 is 2.94 bits per heavy atom. The molecule has 1 atom stereocenters. The van der Waals surface area contributed by atoms with E-state index < -0.39 is 0 Å². The Balaban J connectivity index is 2.21. The van der Waals surface area contributed by atoms with Gasteiger partial charge in [-0.25, -0.2) is 4.39 Å². The molecule has 1 aliphatic rings. The van der Waals surface area contributed by atoms with Crippen LogP contribution in [0, 0.1) is 5.82 Å². The van der Waals surface area contributed by atoms with Crippen LogP contribution < -0.4 is 0 Å². The smallest absolute Gasteiger partial charge is 0.255 e. The number of amides is 1. The van der Waals surface area contributed by atoms with Crippen molar-refractivity contribution in [3.63, 3.8) is 0 Å². The van der Waals surface area contributed by atoms with Crippen molar-refractivity contribution in [2.45, 2.75) is 17.7 Å². The first-order valence-electron chi connectivity index (χ1n) is 5.46. The number of piperidine rings is 1. The maximum Gasteiger partial charge on any atom is 0.255 e. The number of benzene rings is 1. The van der Waals surface area contributed by atoms with Gasteiger partial charge in [-0.1, -0.05) is 15.9 Å². The van der Waals surface area contributed by atoms with Crippen molar-refractivity contribution in [3.8, 4) is 0 Å². The second-order valence-corrected chi connectivity index (χ2v) is 6.26. The second-order valence-electron chi connectivity index (χ2n) is 4.11. The summed E-state index contributed by atoms with van der Waals surface area (Å²) in [5.74, 6) is -0.496. The number of halogens is 3. The fourth-order valence-corrected chi connectivity index (χ4v) is 3.03. The van der Waals surface area contributed by atoms with E-state index in [4.69, 9.17) is 0 Å². The number of carbonyl (C=O) groups excluding carboxylic acids is 1. The predicted octanol–water partition coefficient (Wildman–Crippen LogP) is 3.59. The first kappa shape index (κ1) is 13.0. The summed E-state index contributed by atoms with van der Waals surface area (Å²) in [7, 11) is 0. The third-order valence-corrected chi connectivity index (χ3v) is 4.25. The van der Waals surface area contributed by atoms with Crippen molar-refractivity contribution in [1.82, 2.24) is 4.90 Å². The largest absolute Gasteiger partial charge is 0.337 e. The van der Waals surface area contributed by atoms with E-state index in [9.17, 15) is 9.18 Å². The topological polar surface area (TPSA) is 20.3 Å². The Morgan fingerprint density at radius 1 is 1.47 bits per heavy atom. The van der Waals surface area contributed by atoms with E-state index in [1.807, 2.05) is 0 Å². The summed E-state index contributed by atoms with van der Waals surface area (Å²) in [4.78, 5) is 14.3. The fourth-order valence-electron chi connectivity index (χ4n) is 1.94. The SMILES string of the molecule is O=C(c1cc(F)ccc1Br)N1CCCC(Br)C1. The van der Waals surface area contributed by atoms with Gasteiger partial charge < -0.3 is 4.90 Å². The highest BCUT2D eigenvalue weighted by Gasteiger charge is 2.24. The van der Waals surface area contributed by atoms with Gasteiger partial charge >= 0.3 is 0 Å². The molecule has 1 amide bonds. The minimum atomic E-state index is -0.385. The summed E-state index contributed by atoms with van der Waals surface area (Å²) in [5, 5.41) is 0. The first-order valence-corrected chi connectivity index (χ1v) is 7.17. The lowest BCUT2D eigenvalue weighted by atomic mass is 10.1. The predicted molar refractivity (Wildman–Crippen MR) is 72.0 cm³/mol. The minimum absolute atomic E-state index is 0.111. The molecule has 5 heteroatoms. The lowest BCUT2D eigenvalue weighted by molar-refractivity contribution is 0.0728. The van der Waals surface area contributed by atoms with E-state index in [0.717, 1.165) is 19.4 Å². The number of hydrogen-bond donors (Lipinski definition) is 0. The van der Waals surface area contributed by atoms with Crippen LogP contribution in [-0.2, 0) is 0 Å². The molecule has 17 heavy (non-hydrogen) atoms. The van der Waals surface area contributed by atoms with Crippen molar-refractivity contribution in [2.75, 3.05) is 13.1 Å². The van der Waals surface area contributed by atoms with Gasteiger partial charge in [-0.05, 0) is 47.0 Å². The molecule has 1 saturated heterocycles. The number of nitrogens with zero attached hydrogens (tertiary/aromatic N) is 1. The summed E-state index contributed by atoms with van der Waals surface area (Å²) in [6, 6.07) is 4.19. The van der Waals surface area contributed by atoms with E-state index in [-0.39, 0.29) is 11.7 Å². The molecule has 0 aliphatic carbocycles. The number of carbonyl (C=O) groups is 1. The van der Waals surface area contributed by atoms with E-state index in [1.165, 1.54) is 12.1 Å². The van der Waals surface area contributed by atoms with Crippen molar-refractivity contribution in [2.24, 2.45) is 0 Å². The second kappa shape index (κ2) is 5.48. The van der Waals surface area contributed by atoms with Gasteiger partial charge in [0.15, 0.2) is 0 Å². The van der Waals surface area contributed by atoms with E-state index in [0.29, 0.717) is 21.4 Å². The number of hydrogen-bond acceptors (Lipinski definition) is 1. The van der Waals surface area contributed by atoms with Crippen molar-refractivity contribution < 1.29 is 9.18 Å². The average molecular weight is 365 g/mol. The molecule has 1 fully saturated rings. The van der Waals surface area contributed by atoms with Crippen LogP contribution >= 0.6 is 31.9 Å². The van der Waals surface area contributed by atoms with E-state index in [1.54, 1.807) is 11.0 Å². The molecule has 0 N–H and O–H groups in total. The highest BCUT2D eigenvalue weighted by atomic mass is 79.9. The summed E-state index contributed by atoms with van der Waals surface area (Å²) in [5.41, 5.74) is 0.395. The molecule has 1 aromatic rings. The molecule has 2 nitrogen and oxygen atoms in total. The van der Waals surface area contributed by atoms with E-state index >= 15 is 0 Å². The van der Waals surface area contributed by atoms with Crippen LogP contribution in [0.3, 0.4) is 0 Å². The lowest BCUT2D eigenvalue weighted by Gasteiger charge is -2.30. The average Bonchev–Trinajstić information content (AvgIpc) is 2.31. The highest BCUT2D eigenvalue weighted by Crippen LogP contribution is 2.23.